The van der Waals surface area contributed by atoms with Crippen LogP contribution in [0.2, 0.25) is 0 Å². The lowest BCUT2D eigenvalue weighted by Gasteiger charge is -1.99. The highest BCUT2D eigenvalue weighted by atomic mass is 32.1. The topological polar surface area (TPSA) is 97.1 Å². The summed E-state index contributed by atoms with van der Waals surface area (Å²) in [5.74, 6) is -1.26. The first-order chi connectivity index (χ1) is 8.56. The second kappa shape index (κ2) is 4.96. The summed E-state index contributed by atoms with van der Waals surface area (Å²) in [7, 11) is 0. The molecule has 0 spiro atoms. The minimum Gasteiger partial charge on any atom is -0.480 e. The Kier molecular flexibility index (Phi) is 3.38. The van der Waals surface area contributed by atoms with Gasteiger partial charge in [0.2, 0.25) is 0 Å². The Balaban J connectivity index is 2.06. The van der Waals surface area contributed by atoms with E-state index < -0.39 is 5.97 Å². The number of aromatic nitrogens is 3. The molecule has 2 rings (SSSR count). The molecule has 0 unspecified atom stereocenters. The van der Waals surface area contributed by atoms with Crippen LogP contribution in [0.15, 0.2) is 17.9 Å². The number of amides is 1. The van der Waals surface area contributed by atoms with E-state index in [1.54, 1.807) is 12.4 Å². The summed E-state index contributed by atoms with van der Waals surface area (Å²) in [5.41, 5.74) is 2.71. The Bertz CT molecular complexity index is 589. The van der Waals surface area contributed by atoms with Crippen LogP contribution in [0.1, 0.15) is 15.4 Å². The van der Waals surface area contributed by atoms with Crippen molar-refractivity contribution in [2.24, 2.45) is 0 Å². The third-order valence-electron chi connectivity index (χ3n) is 2.14. The molecule has 8 heteroatoms. The number of carboxylic acids is 1. The van der Waals surface area contributed by atoms with Crippen molar-refractivity contribution in [1.82, 2.24) is 14.8 Å². The van der Waals surface area contributed by atoms with Crippen molar-refractivity contribution < 1.29 is 14.7 Å². The van der Waals surface area contributed by atoms with Crippen LogP contribution in [0.3, 0.4) is 0 Å². The normalized spacial score (nSPS) is 10.3. The second-order valence-electron chi connectivity index (χ2n) is 3.54. The van der Waals surface area contributed by atoms with E-state index in [-0.39, 0.29) is 12.5 Å². The molecule has 0 aliphatic heterocycles. The Morgan fingerprint density at radius 1 is 1.56 bits per heavy atom. The van der Waals surface area contributed by atoms with Crippen LogP contribution in [0.25, 0.3) is 0 Å². The number of carboxylic acid groups (broad SMARTS) is 1. The maximum absolute atomic E-state index is 11.8. The minimum absolute atomic E-state index is 0.241. The van der Waals surface area contributed by atoms with Crippen LogP contribution in [0.5, 0.6) is 0 Å². The molecule has 0 aromatic carbocycles. The SMILES string of the molecule is Cc1ncsc1C(=O)Nc1cnn(CC(=O)O)c1. The number of rotatable bonds is 4. The molecule has 94 valence electrons. The largest absolute Gasteiger partial charge is 0.480 e. The molecule has 2 aromatic rings. The average Bonchev–Trinajstić information content (AvgIpc) is 2.87. The number of hydrogen-bond acceptors (Lipinski definition) is 5. The van der Waals surface area contributed by atoms with E-state index >= 15 is 0 Å². The summed E-state index contributed by atoms with van der Waals surface area (Å²) >= 11 is 1.25. The third-order valence-corrected chi connectivity index (χ3v) is 3.07. The highest BCUT2D eigenvalue weighted by Gasteiger charge is 2.12. The van der Waals surface area contributed by atoms with Gasteiger partial charge in [-0.1, -0.05) is 0 Å². The summed E-state index contributed by atoms with van der Waals surface area (Å²) in [6.45, 7) is 1.51. The number of thiazole rings is 1. The molecule has 0 atom stereocenters. The molecule has 2 aromatic heterocycles. The van der Waals surface area contributed by atoms with Gasteiger partial charge in [0, 0.05) is 6.20 Å². The van der Waals surface area contributed by atoms with Gasteiger partial charge in [0.25, 0.3) is 5.91 Å². The Hall–Kier alpha value is -2.22. The predicted molar refractivity (Wildman–Crippen MR) is 64.7 cm³/mol. The number of nitrogens with zero attached hydrogens (tertiary/aromatic N) is 3. The van der Waals surface area contributed by atoms with Crippen LogP contribution >= 0.6 is 11.3 Å². The van der Waals surface area contributed by atoms with Crippen molar-refractivity contribution in [1.29, 1.82) is 0 Å². The zero-order valence-corrected chi connectivity index (χ0v) is 10.3. The number of hydrogen-bond donors (Lipinski definition) is 2. The minimum atomic E-state index is -0.991. The molecule has 2 N–H and O–H groups in total. The summed E-state index contributed by atoms with van der Waals surface area (Å²) in [5, 5.41) is 15.0. The standard InChI is InChI=1S/C10H10N4O3S/c1-6-9(18-5-11-6)10(17)13-7-2-12-14(3-7)4-8(15)16/h2-3,5H,4H2,1H3,(H,13,17)(H,15,16). The van der Waals surface area contributed by atoms with Crippen molar-refractivity contribution in [2.45, 2.75) is 13.5 Å². The van der Waals surface area contributed by atoms with E-state index in [4.69, 9.17) is 5.11 Å². The first-order valence-electron chi connectivity index (χ1n) is 5.02. The van der Waals surface area contributed by atoms with Crippen LogP contribution in [-0.2, 0) is 11.3 Å². The van der Waals surface area contributed by atoms with Gasteiger partial charge in [-0.15, -0.1) is 11.3 Å². The molecular weight excluding hydrogens is 256 g/mol. The monoisotopic (exact) mass is 266 g/mol. The van der Waals surface area contributed by atoms with E-state index in [1.807, 2.05) is 0 Å². The van der Waals surface area contributed by atoms with Gasteiger partial charge in [-0.3, -0.25) is 14.3 Å². The van der Waals surface area contributed by atoms with Crippen LogP contribution < -0.4 is 5.32 Å². The van der Waals surface area contributed by atoms with Gasteiger partial charge in [0.05, 0.1) is 23.1 Å². The lowest BCUT2D eigenvalue weighted by atomic mass is 10.3. The second-order valence-corrected chi connectivity index (χ2v) is 4.40. The molecular formula is C10H10N4O3S. The molecule has 0 saturated heterocycles. The number of nitrogens with one attached hydrogen (secondary N) is 1. The molecule has 7 nitrogen and oxygen atoms in total. The van der Waals surface area contributed by atoms with Gasteiger partial charge < -0.3 is 10.4 Å². The number of carbonyl (C=O) groups is 2. The molecule has 0 radical (unpaired) electrons. The fourth-order valence-corrected chi connectivity index (χ4v) is 2.06. The maximum atomic E-state index is 11.8. The summed E-state index contributed by atoms with van der Waals surface area (Å²) in [4.78, 5) is 26.8. The van der Waals surface area contributed by atoms with Crippen molar-refractivity contribution in [3.8, 4) is 0 Å². The van der Waals surface area contributed by atoms with Gasteiger partial charge in [-0.05, 0) is 6.92 Å². The zero-order valence-electron chi connectivity index (χ0n) is 9.45. The molecule has 0 bridgehead atoms. The number of anilines is 1. The fraction of sp³-hybridized carbons (Fsp3) is 0.200. The van der Waals surface area contributed by atoms with Crippen molar-refractivity contribution in [3.63, 3.8) is 0 Å². The van der Waals surface area contributed by atoms with Gasteiger partial charge in [0.1, 0.15) is 11.4 Å². The predicted octanol–water partition coefficient (Wildman–Crippen LogP) is 0.985. The lowest BCUT2D eigenvalue weighted by molar-refractivity contribution is -0.137. The number of aliphatic carboxylic acids is 1. The Labute approximate surface area is 106 Å². The summed E-state index contributed by atoms with van der Waals surface area (Å²) in [6.07, 6.45) is 2.86. The van der Waals surface area contributed by atoms with Crippen LogP contribution in [0, 0.1) is 6.92 Å². The highest BCUT2D eigenvalue weighted by molar-refractivity contribution is 7.12. The van der Waals surface area contributed by atoms with Crippen molar-refractivity contribution >= 4 is 28.9 Å². The van der Waals surface area contributed by atoms with Crippen LogP contribution in [-0.4, -0.2) is 31.7 Å². The average molecular weight is 266 g/mol. The number of carbonyl (C=O) groups excluding carboxylic acids is 1. The summed E-state index contributed by atoms with van der Waals surface area (Å²) < 4.78 is 1.23. The van der Waals surface area contributed by atoms with Crippen molar-refractivity contribution in [2.75, 3.05) is 5.32 Å². The molecule has 2 heterocycles. The molecule has 0 aliphatic carbocycles. The third kappa shape index (κ3) is 2.72. The highest BCUT2D eigenvalue weighted by Crippen LogP contribution is 2.14. The van der Waals surface area contributed by atoms with Gasteiger partial charge in [-0.25, -0.2) is 4.98 Å². The van der Waals surface area contributed by atoms with Gasteiger partial charge in [0.15, 0.2) is 0 Å². The van der Waals surface area contributed by atoms with Gasteiger partial charge >= 0.3 is 5.97 Å². The zero-order chi connectivity index (χ0) is 13.1. The fourth-order valence-electron chi connectivity index (χ4n) is 1.36. The summed E-state index contributed by atoms with van der Waals surface area (Å²) in [6, 6.07) is 0. The van der Waals surface area contributed by atoms with Gasteiger partial charge in [-0.2, -0.15) is 5.10 Å². The Morgan fingerprint density at radius 3 is 2.94 bits per heavy atom. The first-order valence-corrected chi connectivity index (χ1v) is 5.90. The molecule has 0 fully saturated rings. The molecule has 0 aliphatic rings. The molecule has 0 saturated carbocycles. The number of aryl methyl sites for hydroxylation is 1. The van der Waals surface area contributed by atoms with E-state index in [2.05, 4.69) is 15.4 Å². The first kappa shape index (κ1) is 12.2. The van der Waals surface area contributed by atoms with Crippen LogP contribution in [0.4, 0.5) is 5.69 Å². The Morgan fingerprint density at radius 2 is 2.33 bits per heavy atom. The maximum Gasteiger partial charge on any atom is 0.325 e. The smallest absolute Gasteiger partial charge is 0.325 e. The molecule has 18 heavy (non-hydrogen) atoms. The van der Waals surface area contributed by atoms with E-state index in [1.165, 1.54) is 28.4 Å². The van der Waals surface area contributed by atoms with E-state index in [9.17, 15) is 9.59 Å². The lowest BCUT2D eigenvalue weighted by Crippen LogP contribution is -2.11. The quantitative estimate of drug-likeness (QED) is 0.860. The molecule has 1 amide bonds. The van der Waals surface area contributed by atoms with E-state index in [0.717, 1.165) is 0 Å². The van der Waals surface area contributed by atoms with E-state index in [0.29, 0.717) is 16.3 Å². The van der Waals surface area contributed by atoms with Crippen molar-refractivity contribution in [3.05, 3.63) is 28.5 Å².